The third-order valence-corrected chi connectivity index (χ3v) is 2.51. The Hall–Kier alpha value is -0.0600. The molecule has 0 aliphatic rings. The van der Waals surface area contributed by atoms with Gasteiger partial charge in [-0.25, -0.2) is 4.39 Å². The molecule has 6 heteroatoms. The highest BCUT2D eigenvalue weighted by Gasteiger charge is 2.17. The molecule has 1 rings (SSSR count). The van der Waals surface area contributed by atoms with Crippen LogP contribution < -0.4 is 5.73 Å². The molecule has 15 heavy (non-hydrogen) atoms. The highest BCUT2D eigenvalue weighted by molar-refractivity contribution is 6.33. The van der Waals surface area contributed by atoms with Gasteiger partial charge in [0, 0.05) is 23.2 Å². The third-order valence-electron chi connectivity index (χ3n) is 1.89. The first kappa shape index (κ1) is 14.9. The lowest BCUT2D eigenvalue weighted by Crippen LogP contribution is -2.14. The Morgan fingerprint density at radius 2 is 1.87 bits per heavy atom. The lowest BCUT2D eigenvalue weighted by atomic mass is 10.0. The van der Waals surface area contributed by atoms with Crippen LogP contribution in [0, 0.1) is 5.82 Å². The third kappa shape index (κ3) is 3.47. The Labute approximate surface area is 104 Å². The lowest BCUT2D eigenvalue weighted by molar-refractivity contribution is 0.275. The molecule has 3 N–H and O–H groups in total. The Morgan fingerprint density at radius 1 is 1.33 bits per heavy atom. The number of halogens is 4. The van der Waals surface area contributed by atoms with Crippen LogP contribution in [-0.4, -0.2) is 11.7 Å². The zero-order chi connectivity index (χ0) is 10.7. The molecule has 2 nitrogen and oxygen atoms in total. The van der Waals surface area contributed by atoms with Crippen LogP contribution in [0.3, 0.4) is 0 Å². The van der Waals surface area contributed by atoms with Crippen LogP contribution in [0.2, 0.25) is 10.0 Å². The van der Waals surface area contributed by atoms with Gasteiger partial charge in [-0.15, -0.1) is 12.4 Å². The van der Waals surface area contributed by atoms with Crippen LogP contribution in [-0.2, 0) is 0 Å². The monoisotopic (exact) mass is 273 g/mol. The summed E-state index contributed by atoms with van der Waals surface area (Å²) in [5.74, 6) is -0.611. The summed E-state index contributed by atoms with van der Waals surface area (Å²) in [6, 6.07) is 2.22. The first-order chi connectivity index (χ1) is 6.57. The van der Waals surface area contributed by atoms with E-state index in [1.165, 1.54) is 12.1 Å². The van der Waals surface area contributed by atoms with Gasteiger partial charge in [0.05, 0.1) is 5.02 Å². The first-order valence-electron chi connectivity index (χ1n) is 4.07. The van der Waals surface area contributed by atoms with Gasteiger partial charge in [0.1, 0.15) is 5.82 Å². The van der Waals surface area contributed by atoms with Gasteiger partial charge in [0.25, 0.3) is 0 Å². The average molecular weight is 275 g/mol. The molecule has 0 saturated heterocycles. The Kier molecular flexibility index (Phi) is 6.48. The normalized spacial score (nSPS) is 12.1. The second-order valence-corrected chi connectivity index (χ2v) is 3.69. The van der Waals surface area contributed by atoms with Crippen molar-refractivity contribution in [2.45, 2.75) is 12.5 Å². The molecule has 0 amide bonds. The van der Waals surface area contributed by atoms with E-state index >= 15 is 0 Å². The molecule has 0 aromatic heterocycles. The fourth-order valence-corrected chi connectivity index (χ4v) is 1.62. The largest absolute Gasteiger partial charge is 0.396 e. The highest BCUT2D eigenvalue weighted by Crippen LogP contribution is 2.30. The maximum absolute atomic E-state index is 13.5. The van der Waals surface area contributed by atoms with Crippen LogP contribution in [0.4, 0.5) is 4.39 Å². The van der Waals surface area contributed by atoms with E-state index in [1.807, 2.05) is 0 Å². The molecular weight excluding hydrogens is 263 g/mol. The Morgan fingerprint density at radius 3 is 2.40 bits per heavy atom. The fraction of sp³-hybridized carbons (Fsp3) is 0.333. The zero-order valence-corrected chi connectivity index (χ0v) is 10.0. The van der Waals surface area contributed by atoms with Crippen LogP contribution >= 0.6 is 35.6 Å². The number of rotatable bonds is 3. The Balaban J connectivity index is 0.00000196. The summed E-state index contributed by atoms with van der Waals surface area (Å²) in [6.07, 6.45) is 0.247. The van der Waals surface area contributed by atoms with Crippen molar-refractivity contribution in [3.63, 3.8) is 0 Å². The minimum Gasteiger partial charge on any atom is -0.396 e. The second kappa shape index (κ2) is 6.51. The smallest absolute Gasteiger partial charge is 0.148 e. The van der Waals surface area contributed by atoms with Crippen molar-refractivity contribution in [2.75, 3.05) is 6.61 Å². The van der Waals surface area contributed by atoms with Gasteiger partial charge in [0.15, 0.2) is 0 Å². The molecule has 1 aromatic rings. The molecule has 0 aliphatic carbocycles. The van der Waals surface area contributed by atoms with Crippen molar-refractivity contribution < 1.29 is 9.50 Å². The van der Waals surface area contributed by atoms with Crippen molar-refractivity contribution in [1.82, 2.24) is 0 Å². The van der Waals surface area contributed by atoms with Crippen LogP contribution in [0.25, 0.3) is 0 Å². The van der Waals surface area contributed by atoms with Gasteiger partial charge in [-0.05, 0) is 18.6 Å². The first-order valence-corrected chi connectivity index (χ1v) is 4.83. The van der Waals surface area contributed by atoms with Crippen molar-refractivity contribution in [3.8, 4) is 0 Å². The van der Waals surface area contributed by atoms with Gasteiger partial charge in [-0.3, -0.25) is 0 Å². The predicted molar refractivity (Wildman–Crippen MR) is 62.3 cm³/mol. The molecule has 86 valence electrons. The number of aliphatic hydroxyl groups is 1. The number of benzene rings is 1. The van der Waals surface area contributed by atoms with E-state index in [4.69, 9.17) is 34.0 Å². The molecular formula is C9H11Cl3FNO. The van der Waals surface area contributed by atoms with E-state index in [0.717, 1.165) is 0 Å². The quantitative estimate of drug-likeness (QED) is 0.833. The highest BCUT2D eigenvalue weighted by atomic mass is 35.5. The molecule has 0 saturated carbocycles. The Bertz CT molecular complexity index is 335. The summed E-state index contributed by atoms with van der Waals surface area (Å²) in [4.78, 5) is 0. The standard InChI is InChI=1S/C9H10Cl2FNO.ClH/c10-5-1-2-6(11)9(12)8(5)7(13)3-4-14;/h1-2,7,14H,3-4,13H2;1H/t7-;/m1./s1. The van der Waals surface area contributed by atoms with E-state index in [9.17, 15) is 4.39 Å². The van der Waals surface area contributed by atoms with E-state index in [2.05, 4.69) is 0 Å². The van der Waals surface area contributed by atoms with Gasteiger partial charge in [-0.1, -0.05) is 23.2 Å². The van der Waals surface area contributed by atoms with Gasteiger partial charge >= 0.3 is 0 Å². The van der Waals surface area contributed by atoms with Crippen molar-refractivity contribution in [1.29, 1.82) is 0 Å². The minimum absolute atomic E-state index is 0. The second-order valence-electron chi connectivity index (χ2n) is 2.88. The summed E-state index contributed by atoms with van der Waals surface area (Å²) in [6.45, 7) is -0.122. The summed E-state index contributed by atoms with van der Waals surface area (Å²) in [5.41, 5.74) is 5.79. The fourth-order valence-electron chi connectivity index (χ4n) is 1.17. The van der Waals surface area contributed by atoms with Gasteiger partial charge < -0.3 is 10.8 Å². The van der Waals surface area contributed by atoms with Crippen LogP contribution in [0.5, 0.6) is 0 Å². The maximum Gasteiger partial charge on any atom is 0.148 e. The number of nitrogens with two attached hydrogens (primary N) is 1. The number of aliphatic hydroxyl groups excluding tert-OH is 1. The van der Waals surface area contributed by atoms with E-state index in [-0.39, 0.29) is 41.0 Å². The maximum atomic E-state index is 13.5. The average Bonchev–Trinajstić information content (AvgIpc) is 2.13. The molecule has 0 aliphatic heterocycles. The van der Waals surface area contributed by atoms with Crippen LogP contribution in [0.1, 0.15) is 18.0 Å². The van der Waals surface area contributed by atoms with Gasteiger partial charge in [-0.2, -0.15) is 0 Å². The molecule has 0 heterocycles. The summed E-state index contributed by atoms with van der Waals surface area (Å²) in [7, 11) is 0. The molecule has 0 radical (unpaired) electrons. The zero-order valence-electron chi connectivity index (χ0n) is 7.71. The summed E-state index contributed by atoms with van der Waals surface area (Å²) in [5, 5.41) is 8.88. The lowest BCUT2D eigenvalue weighted by Gasteiger charge is -2.13. The molecule has 1 atom stereocenters. The van der Waals surface area contributed by atoms with E-state index in [0.29, 0.717) is 0 Å². The van der Waals surface area contributed by atoms with Crippen LogP contribution in [0.15, 0.2) is 12.1 Å². The molecule has 0 bridgehead atoms. The molecule has 0 unspecified atom stereocenters. The topological polar surface area (TPSA) is 46.2 Å². The summed E-state index contributed by atoms with van der Waals surface area (Å²) < 4.78 is 13.5. The SMILES string of the molecule is Cl.N[C@H](CCO)c1c(Cl)ccc(Cl)c1F. The molecule has 0 fully saturated rings. The van der Waals surface area contributed by atoms with Gasteiger partial charge in [0.2, 0.25) is 0 Å². The van der Waals surface area contributed by atoms with E-state index < -0.39 is 11.9 Å². The summed E-state index contributed by atoms with van der Waals surface area (Å²) >= 11 is 11.4. The minimum atomic E-state index is -0.633. The van der Waals surface area contributed by atoms with Crippen molar-refractivity contribution >= 4 is 35.6 Å². The predicted octanol–water partition coefficient (Wildman–Crippen LogP) is 2.94. The number of hydrogen-bond acceptors (Lipinski definition) is 2. The molecule has 0 spiro atoms. The molecule has 1 aromatic carbocycles. The number of hydrogen-bond donors (Lipinski definition) is 2. The van der Waals surface area contributed by atoms with Crippen molar-refractivity contribution in [2.24, 2.45) is 5.73 Å². The van der Waals surface area contributed by atoms with E-state index in [1.54, 1.807) is 0 Å². The van der Waals surface area contributed by atoms with Crippen molar-refractivity contribution in [3.05, 3.63) is 33.6 Å².